The van der Waals surface area contributed by atoms with Crippen molar-refractivity contribution in [3.05, 3.63) is 197 Å². The molecule has 0 radical (unpaired) electrons. The van der Waals surface area contributed by atoms with E-state index in [1.165, 1.54) is 59.9 Å². The zero-order chi connectivity index (χ0) is 38.9. The van der Waals surface area contributed by atoms with Gasteiger partial charge < -0.3 is 14.1 Å². The van der Waals surface area contributed by atoms with Crippen LogP contribution in [0.2, 0.25) is 0 Å². The molecule has 286 valence electrons. The predicted octanol–water partition coefficient (Wildman–Crippen LogP) is 14.3. The van der Waals surface area contributed by atoms with Crippen LogP contribution in [0.25, 0.3) is 21.9 Å². The molecular formula is C56H45NO2. The monoisotopic (exact) mass is 763 g/mol. The lowest BCUT2D eigenvalue weighted by Gasteiger charge is -2.73. The van der Waals surface area contributed by atoms with Crippen molar-refractivity contribution in [2.45, 2.75) is 62.2 Å². The van der Waals surface area contributed by atoms with Crippen LogP contribution < -0.4 is 9.64 Å². The molecule has 59 heavy (non-hydrogen) atoms. The van der Waals surface area contributed by atoms with Crippen LogP contribution in [0.5, 0.6) is 11.5 Å². The van der Waals surface area contributed by atoms with Crippen LogP contribution in [0.3, 0.4) is 0 Å². The van der Waals surface area contributed by atoms with Gasteiger partial charge in [-0.25, -0.2) is 0 Å². The number of para-hydroxylation sites is 2. The largest absolute Gasteiger partial charge is 0.457 e. The molecule has 2 bridgehead atoms. The van der Waals surface area contributed by atoms with E-state index in [0.717, 1.165) is 73.8 Å². The molecule has 0 amide bonds. The van der Waals surface area contributed by atoms with Gasteiger partial charge in [-0.1, -0.05) is 111 Å². The highest BCUT2D eigenvalue weighted by Crippen LogP contribution is 2.86. The summed E-state index contributed by atoms with van der Waals surface area (Å²) in [6, 6.07) is 58.9. The zero-order valence-corrected chi connectivity index (χ0v) is 33.5. The SMILES string of the molecule is CC1(C)c2ccccc2C2(c3ccccc3Oc3ccc(N(c4ccc(C56CC7CC8CC(C5)C86C7)cc4)c4ccc5oc6ccccc6c5c4)cc32)c2ccccc21. The third-order valence-corrected chi connectivity index (χ3v) is 16.8. The second kappa shape index (κ2) is 11.0. The van der Waals surface area contributed by atoms with Crippen LogP contribution in [0, 0.1) is 23.2 Å². The third kappa shape index (κ3) is 3.83. The second-order valence-corrected chi connectivity index (χ2v) is 19.4. The summed E-state index contributed by atoms with van der Waals surface area (Å²) in [6.07, 6.45) is 7.22. The number of benzene rings is 7. The maximum atomic E-state index is 6.93. The van der Waals surface area contributed by atoms with Gasteiger partial charge in [0.05, 0.1) is 5.41 Å². The van der Waals surface area contributed by atoms with Gasteiger partial charge in [0.1, 0.15) is 22.7 Å². The molecule has 0 saturated heterocycles. The summed E-state index contributed by atoms with van der Waals surface area (Å²) in [6.45, 7) is 4.76. The quantitative estimate of drug-likeness (QED) is 0.179. The predicted molar refractivity (Wildman–Crippen MR) is 237 cm³/mol. The second-order valence-electron chi connectivity index (χ2n) is 19.4. The highest BCUT2D eigenvalue weighted by atomic mass is 16.5. The molecule has 6 aliphatic rings. The van der Waals surface area contributed by atoms with E-state index < -0.39 is 5.41 Å². The summed E-state index contributed by atoms with van der Waals surface area (Å²) >= 11 is 0. The van der Waals surface area contributed by atoms with Crippen molar-refractivity contribution in [3.8, 4) is 11.5 Å². The molecule has 0 N–H and O–H groups in total. The molecule has 14 rings (SSSR count). The minimum absolute atomic E-state index is 0.183. The molecule has 4 fully saturated rings. The fourth-order valence-corrected chi connectivity index (χ4v) is 14.7. The van der Waals surface area contributed by atoms with E-state index in [1.54, 1.807) is 5.56 Å². The molecular weight excluding hydrogens is 719 g/mol. The van der Waals surface area contributed by atoms with Gasteiger partial charge in [0.2, 0.25) is 0 Å². The van der Waals surface area contributed by atoms with E-state index in [0.29, 0.717) is 10.8 Å². The zero-order valence-electron chi connectivity index (χ0n) is 33.5. The molecule has 1 aromatic heterocycles. The van der Waals surface area contributed by atoms with Crippen molar-refractivity contribution in [2.75, 3.05) is 4.90 Å². The van der Waals surface area contributed by atoms with Crippen molar-refractivity contribution in [1.29, 1.82) is 0 Å². The summed E-state index contributed by atoms with van der Waals surface area (Å²) in [5.41, 5.74) is 14.6. The molecule has 1 aliphatic heterocycles. The maximum absolute atomic E-state index is 6.93. The van der Waals surface area contributed by atoms with Crippen LogP contribution >= 0.6 is 0 Å². The van der Waals surface area contributed by atoms with E-state index in [2.05, 4.69) is 176 Å². The first-order chi connectivity index (χ1) is 28.9. The number of furan rings is 1. The van der Waals surface area contributed by atoms with Gasteiger partial charge in [-0.3, -0.25) is 0 Å². The normalized spacial score (nSPS) is 26.5. The Balaban J connectivity index is 1.00. The average Bonchev–Trinajstić information content (AvgIpc) is 3.92. The lowest BCUT2D eigenvalue weighted by atomic mass is 9.31. The Bertz CT molecular complexity index is 3050. The minimum Gasteiger partial charge on any atom is -0.457 e. The molecule has 2 spiro atoms. The Kier molecular flexibility index (Phi) is 6.10. The van der Waals surface area contributed by atoms with Gasteiger partial charge in [-0.15, -0.1) is 0 Å². The molecule has 3 nitrogen and oxygen atoms in total. The highest BCUT2D eigenvalue weighted by molar-refractivity contribution is 6.06. The fraction of sp³-hybridized carbons (Fsp3) is 0.250. The summed E-state index contributed by atoms with van der Waals surface area (Å²) in [5, 5.41) is 2.26. The molecule has 2 heterocycles. The molecule has 7 aromatic carbocycles. The fourth-order valence-electron chi connectivity index (χ4n) is 14.7. The topological polar surface area (TPSA) is 25.6 Å². The van der Waals surface area contributed by atoms with Crippen LogP contribution in [-0.2, 0) is 16.2 Å². The standard InChI is InChI=1S/C56H45NO2/c1-53(2)43-12-4-6-14-45(43)56(46-15-7-5-13-44(46)53)47-16-8-10-18-51(47)59-52-26-24-40(30-48(52)56)57(39-23-25-50-42(29-39)41-11-3-9-17-49(41)58-50)38-21-19-35(20-22-38)54-31-34-27-36-28-37(33-54)55(36,54)32-34/h3-26,29-30,34,36-37H,27-28,31-33H2,1-2H3. The summed E-state index contributed by atoms with van der Waals surface area (Å²) < 4.78 is 13.3. The number of anilines is 3. The van der Waals surface area contributed by atoms with Gasteiger partial charge >= 0.3 is 0 Å². The molecule has 3 heteroatoms. The van der Waals surface area contributed by atoms with E-state index in [4.69, 9.17) is 9.15 Å². The highest BCUT2D eigenvalue weighted by Gasteiger charge is 2.80. The lowest BCUT2D eigenvalue weighted by molar-refractivity contribution is -0.198. The molecule has 5 aliphatic carbocycles. The smallest absolute Gasteiger partial charge is 0.135 e. The van der Waals surface area contributed by atoms with E-state index in [9.17, 15) is 0 Å². The Morgan fingerprint density at radius 3 is 1.88 bits per heavy atom. The average molecular weight is 764 g/mol. The van der Waals surface area contributed by atoms with Crippen molar-refractivity contribution in [3.63, 3.8) is 0 Å². The summed E-state index contributed by atoms with van der Waals surface area (Å²) in [5.74, 6) is 4.66. The number of hydrogen-bond acceptors (Lipinski definition) is 3. The van der Waals surface area contributed by atoms with E-state index in [1.807, 2.05) is 0 Å². The molecule has 5 unspecified atom stereocenters. The number of hydrogen-bond donors (Lipinski definition) is 0. The first-order valence-electron chi connectivity index (χ1n) is 21.8. The Morgan fingerprint density at radius 2 is 1.12 bits per heavy atom. The lowest BCUT2D eigenvalue weighted by Crippen LogP contribution is -2.68. The van der Waals surface area contributed by atoms with Gasteiger partial charge in [-0.2, -0.15) is 0 Å². The van der Waals surface area contributed by atoms with Gasteiger partial charge in [0.25, 0.3) is 0 Å². The van der Waals surface area contributed by atoms with Crippen LogP contribution in [-0.4, -0.2) is 0 Å². The van der Waals surface area contributed by atoms with Crippen LogP contribution in [0.15, 0.2) is 162 Å². The number of fused-ring (bicyclic) bond motifs is 12. The van der Waals surface area contributed by atoms with Gasteiger partial charge in [-0.05, 0) is 144 Å². The summed E-state index contributed by atoms with van der Waals surface area (Å²) in [4.78, 5) is 2.47. The van der Waals surface area contributed by atoms with Gasteiger partial charge in [0.15, 0.2) is 0 Å². The van der Waals surface area contributed by atoms with Crippen molar-refractivity contribution < 1.29 is 9.15 Å². The Morgan fingerprint density at radius 1 is 0.492 bits per heavy atom. The van der Waals surface area contributed by atoms with Crippen LogP contribution in [0.1, 0.15) is 84.9 Å². The third-order valence-electron chi connectivity index (χ3n) is 16.8. The van der Waals surface area contributed by atoms with Gasteiger partial charge in [0, 0.05) is 49.8 Å². The van der Waals surface area contributed by atoms with Crippen molar-refractivity contribution >= 4 is 39.0 Å². The molecule has 5 atom stereocenters. The van der Waals surface area contributed by atoms with Crippen molar-refractivity contribution in [1.82, 2.24) is 0 Å². The van der Waals surface area contributed by atoms with E-state index in [-0.39, 0.29) is 5.41 Å². The first-order valence-corrected chi connectivity index (χ1v) is 21.8. The number of nitrogens with zero attached hydrogens (tertiary/aromatic N) is 1. The first kappa shape index (κ1) is 32.8. The minimum atomic E-state index is -0.594. The Labute approximate surface area is 345 Å². The maximum Gasteiger partial charge on any atom is 0.135 e. The molecule has 4 saturated carbocycles. The van der Waals surface area contributed by atoms with E-state index >= 15 is 0 Å². The summed E-state index contributed by atoms with van der Waals surface area (Å²) in [7, 11) is 0. The number of rotatable bonds is 4. The Hall–Kier alpha value is -6.06. The number of ether oxygens (including phenoxy) is 1. The molecule has 8 aromatic rings. The van der Waals surface area contributed by atoms with Crippen molar-refractivity contribution in [2.24, 2.45) is 23.2 Å². The van der Waals surface area contributed by atoms with Crippen LogP contribution in [0.4, 0.5) is 17.1 Å².